The molecule has 1 atom stereocenters. The van der Waals surface area contributed by atoms with Gasteiger partial charge in [0.2, 0.25) is 0 Å². The normalized spacial score (nSPS) is 12.0. The van der Waals surface area contributed by atoms with Crippen molar-refractivity contribution in [2.75, 3.05) is 6.54 Å². The lowest BCUT2D eigenvalue weighted by molar-refractivity contribution is 0.197. The van der Waals surface area contributed by atoms with Gasteiger partial charge in [0.25, 0.3) is 0 Å². The molecule has 0 saturated carbocycles. The molecule has 1 aromatic carbocycles. The van der Waals surface area contributed by atoms with Crippen molar-refractivity contribution in [1.82, 2.24) is 5.32 Å². The molecule has 0 bridgehead atoms. The molecule has 1 unspecified atom stereocenters. The van der Waals surface area contributed by atoms with Crippen LogP contribution in [0, 0.1) is 13.8 Å². The molecular formula is C12H18N2O2. The Kier molecular flexibility index (Phi) is 4.31. The van der Waals surface area contributed by atoms with Crippen molar-refractivity contribution in [2.24, 2.45) is 5.73 Å². The molecule has 0 aromatic heterocycles. The van der Waals surface area contributed by atoms with Crippen molar-refractivity contribution in [2.45, 2.75) is 26.8 Å². The van der Waals surface area contributed by atoms with E-state index in [0.717, 1.165) is 5.56 Å². The zero-order chi connectivity index (χ0) is 12.1. The first kappa shape index (κ1) is 12.5. The van der Waals surface area contributed by atoms with E-state index >= 15 is 0 Å². The summed E-state index contributed by atoms with van der Waals surface area (Å²) in [4.78, 5) is 11.4. The van der Waals surface area contributed by atoms with Crippen LogP contribution in [0.3, 0.4) is 0 Å². The van der Waals surface area contributed by atoms with Gasteiger partial charge in [-0.25, -0.2) is 4.79 Å². The molecule has 0 aliphatic carbocycles. The molecule has 0 radical (unpaired) electrons. The van der Waals surface area contributed by atoms with Gasteiger partial charge in [-0.3, -0.25) is 0 Å². The van der Waals surface area contributed by atoms with Crippen LogP contribution in [0.5, 0.6) is 5.75 Å². The summed E-state index contributed by atoms with van der Waals surface area (Å²) in [6.07, 6.45) is -0.471. The second-order valence-electron chi connectivity index (χ2n) is 3.92. The Balaban J connectivity index is 2.59. The number of benzene rings is 1. The van der Waals surface area contributed by atoms with Crippen LogP contribution in [-0.2, 0) is 0 Å². The Bertz CT molecular complexity index is 377. The van der Waals surface area contributed by atoms with Gasteiger partial charge in [-0.15, -0.1) is 0 Å². The van der Waals surface area contributed by atoms with E-state index in [-0.39, 0.29) is 6.04 Å². The molecule has 4 nitrogen and oxygen atoms in total. The highest BCUT2D eigenvalue weighted by Gasteiger charge is 2.08. The second-order valence-corrected chi connectivity index (χ2v) is 3.92. The van der Waals surface area contributed by atoms with Crippen molar-refractivity contribution in [3.05, 3.63) is 29.3 Å². The number of aryl methyl sites for hydroxylation is 2. The van der Waals surface area contributed by atoms with E-state index in [0.29, 0.717) is 12.3 Å². The minimum atomic E-state index is -0.471. The van der Waals surface area contributed by atoms with Crippen LogP contribution in [0.25, 0.3) is 0 Å². The Morgan fingerprint density at radius 1 is 1.44 bits per heavy atom. The Labute approximate surface area is 95.8 Å². The quantitative estimate of drug-likeness (QED) is 0.818. The molecule has 0 heterocycles. The number of ether oxygens (including phenoxy) is 1. The third kappa shape index (κ3) is 3.55. The molecule has 0 fully saturated rings. The van der Waals surface area contributed by atoms with Crippen molar-refractivity contribution in [3.63, 3.8) is 0 Å². The van der Waals surface area contributed by atoms with E-state index in [1.807, 2.05) is 32.9 Å². The third-order valence-electron chi connectivity index (χ3n) is 2.41. The number of hydrogen-bond donors (Lipinski definition) is 2. The van der Waals surface area contributed by atoms with E-state index < -0.39 is 6.09 Å². The highest BCUT2D eigenvalue weighted by Crippen LogP contribution is 2.16. The van der Waals surface area contributed by atoms with Crippen LogP contribution >= 0.6 is 0 Å². The van der Waals surface area contributed by atoms with Crippen molar-refractivity contribution in [3.8, 4) is 5.75 Å². The van der Waals surface area contributed by atoms with Gasteiger partial charge in [0.05, 0.1) is 0 Å². The maximum atomic E-state index is 11.4. The van der Waals surface area contributed by atoms with E-state index in [9.17, 15) is 4.79 Å². The van der Waals surface area contributed by atoms with Gasteiger partial charge in [0.1, 0.15) is 5.75 Å². The summed E-state index contributed by atoms with van der Waals surface area (Å²) in [6, 6.07) is 5.44. The van der Waals surface area contributed by atoms with Crippen LogP contribution in [0.4, 0.5) is 4.79 Å². The highest BCUT2D eigenvalue weighted by atomic mass is 16.6. The summed E-state index contributed by atoms with van der Waals surface area (Å²) in [5.74, 6) is 0.546. The summed E-state index contributed by atoms with van der Waals surface area (Å²) in [7, 11) is 0. The molecule has 16 heavy (non-hydrogen) atoms. The molecule has 0 spiro atoms. The van der Waals surface area contributed by atoms with E-state index in [1.165, 1.54) is 5.56 Å². The second kappa shape index (κ2) is 5.51. The summed E-state index contributed by atoms with van der Waals surface area (Å²) in [5, 5.41) is 2.63. The first-order valence-corrected chi connectivity index (χ1v) is 5.28. The van der Waals surface area contributed by atoms with Crippen molar-refractivity contribution in [1.29, 1.82) is 0 Å². The predicted octanol–water partition coefficient (Wildman–Crippen LogP) is 1.74. The number of rotatable bonds is 3. The predicted molar refractivity (Wildman–Crippen MR) is 63.6 cm³/mol. The molecule has 1 rings (SSSR count). The van der Waals surface area contributed by atoms with Crippen LogP contribution in [0.2, 0.25) is 0 Å². The van der Waals surface area contributed by atoms with Crippen molar-refractivity contribution >= 4 is 6.09 Å². The van der Waals surface area contributed by atoms with E-state index in [2.05, 4.69) is 5.32 Å². The number of nitrogens with two attached hydrogens (primary N) is 1. The van der Waals surface area contributed by atoms with Crippen LogP contribution < -0.4 is 15.8 Å². The minimum Gasteiger partial charge on any atom is -0.410 e. The fourth-order valence-electron chi connectivity index (χ4n) is 1.17. The average molecular weight is 222 g/mol. The maximum absolute atomic E-state index is 11.4. The molecular weight excluding hydrogens is 204 g/mol. The number of amides is 1. The van der Waals surface area contributed by atoms with Gasteiger partial charge in [-0.05, 0) is 44.0 Å². The first-order valence-electron chi connectivity index (χ1n) is 5.28. The van der Waals surface area contributed by atoms with Gasteiger partial charge < -0.3 is 15.8 Å². The van der Waals surface area contributed by atoms with Crippen LogP contribution in [0.1, 0.15) is 18.1 Å². The van der Waals surface area contributed by atoms with Gasteiger partial charge >= 0.3 is 6.09 Å². The molecule has 4 heteroatoms. The molecule has 3 N–H and O–H groups in total. The summed E-state index contributed by atoms with van der Waals surface area (Å²) in [5.41, 5.74) is 7.65. The van der Waals surface area contributed by atoms with Gasteiger partial charge in [0, 0.05) is 12.6 Å². The summed E-state index contributed by atoms with van der Waals surface area (Å²) in [6.45, 7) is 6.20. The minimum absolute atomic E-state index is 0.0842. The molecule has 88 valence electrons. The van der Waals surface area contributed by atoms with Crippen LogP contribution in [-0.4, -0.2) is 18.7 Å². The lowest BCUT2D eigenvalue weighted by Crippen LogP contribution is -2.39. The lowest BCUT2D eigenvalue weighted by atomic mass is 10.1. The molecule has 1 aromatic rings. The largest absolute Gasteiger partial charge is 0.412 e. The fourth-order valence-corrected chi connectivity index (χ4v) is 1.17. The Morgan fingerprint density at radius 3 is 2.69 bits per heavy atom. The third-order valence-corrected chi connectivity index (χ3v) is 2.41. The molecule has 0 aliphatic heterocycles. The zero-order valence-electron chi connectivity index (χ0n) is 9.91. The fraction of sp³-hybridized carbons (Fsp3) is 0.417. The molecule has 0 saturated heterocycles. The van der Waals surface area contributed by atoms with Gasteiger partial charge in [0.15, 0.2) is 0 Å². The number of hydrogen-bond acceptors (Lipinski definition) is 3. The first-order chi connectivity index (χ1) is 7.52. The Hall–Kier alpha value is -1.55. The average Bonchev–Trinajstić information content (AvgIpc) is 2.23. The van der Waals surface area contributed by atoms with E-state index in [1.54, 1.807) is 6.07 Å². The van der Waals surface area contributed by atoms with E-state index in [4.69, 9.17) is 10.5 Å². The van der Waals surface area contributed by atoms with Gasteiger partial charge in [-0.1, -0.05) is 6.07 Å². The SMILES string of the molecule is Cc1ccc(OC(=O)NC(C)CN)cc1C. The Morgan fingerprint density at radius 2 is 2.12 bits per heavy atom. The number of carbonyl (C=O) groups excluding carboxylic acids is 1. The number of carbonyl (C=O) groups is 1. The maximum Gasteiger partial charge on any atom is 0.412 e. The summed E-state index contributed by atoms with van der Waals surface area (Å²) >= 11 is 0. The number of nitrogens with one attached hydrogen (secondary N) is 1. The highest BCUT2D eigenvalue weighted by molar-refractivity contribution is 5.70. The lowest BCUT2D eigenvalue weighted by Gasteiger charge is -2.12. The van der Waals surface area contributed by atoms with Crippen molar-refractivity contribution < 1.29 is 9.53 Å². The zero-order valence-corrected chi connectivity index (χ0v) is 9.91. The monoisotopic (exact) mass is 222 g/mol. The smallest absolute Gasteiger partial charge is 0.410 e. The van der Waals surface area contributed by atoms with Crippen LogP contribution in [0.15, 0.2) is 18.2 Å². The molecule has 0 aliphatic rings. The van der Waals surface area contributed by atoms with Gasteiger partial charge in [-0.2, -0.15) is 0 Å². The standard InChI is InChI=1S/C12H18N2O2/c1-8-4-5-11(6-9(8)2)16-12(15)14-10(3)7-13/h4-6,10H,7,13H2,1-3H3,(H,14,15). The summed E-state index contributed by atoms with van der Waals surface area (Å²) < 4.78 is 5.12. The molecule has 1 amide bonds. The topological polar surface area (TPSA) is 64.3 Å².